The number of rotatable bonds is 5. The maximum absolute atomic E-state index is 4.97. The molecule has 1 aromatic heterocycles. The van der Waals surface area contributed by atoms with E-state index < -0.39 is 0 Å². The summed E-state index contributed by atoms with van der Waals surface area (Å²) < 4.78 is 1.11. The Bertz CT molecular complexity index is 477. The number of halogens is 1. The van der Waals surface area contributed by atoms with Crippen LogP contribution in [0.25, 0.3) is 0 Å². The van der Waals surface area contributed by atoms with E-state index in [4.69, 9.17) is 9.97 Å². The maximum atomic E-state index is 4.97. The summed E-state index contributed by atoms with van der Waals surface area (Å²) in [6.45, 7) is 3.17. The molecule has 3 nitrogen and oxygen atoms in total. The molecule has 0 bridgehead atoms. The van der Waals surface area contributed by atoms with Crippen molar-refractivity contribution in [1.82, 2.24) is 9.97 Å². The van der Waals surface area contributed by atoms with E-state index in [1.54, 1.807) is 0 Å². The fraction of sp³-hybridized carbons (Fsp3) is 0.765. The Morgan fingerprint density at radius 1 is 1.00 bits per heavy atom. The average molecular weight is 352 g/mol. The Labute approximate surface area is 136 Å². The molecule has 2 aliphatic carbocycles. The molecule has 0 aliphatic heterocycles. The third-order valence-electron chi connectivity index (χ3n) is 4.62. The molecule has 21 heavy (non-hydrogen) atoms. The number of nitrogens with zero attached hydrogens (tertiary/aromatic N) is 2. The second-order valence-electron chi connectivity index (χ2n) is 6.52. The van der Waals surface area contributed by atoms with Crippen molar-refractivity contribution in [3.05, 3.63) is 16.0 Å². The quantitative estimate of drug-likeness (QED) is 0.724. The van der Waals surface area contributed by atoms with Crippen molar-refractivity contribution in [1.29, 1.82) is 0 Å². The number of hydrogen-bond acceptors (Lipinski definition) is 3. The van der Waals surface area contributed by atoms with Crippen LogP contribution in [-0.4, -0.2) is 16.5 Å². The van der Waals surface area contributed by atoms with Gasteiger partial charge in [-0.25, -0.2) is 9.97 Å². The van der Waals surface area contributed by atoms with E-state index in [9.17, 15) is 0 Å². The van der Waals surface area contributed by atoms with Gasteiger partial charge in [0.05, 0.1) is 10.2 Å². The third kappa shape index (κ3) is 3.77. The zero-order valence-electron chi connectivity index (χ0n) is 13.0. The molecule has 3 rings (SSSR count). The molecule has 0 saturated heterocycles. The van der Waals surface area contributed by atoms with E-state index in [1.165, 1.54) is 57.1 Å². The number of anilines is 1. The van der Waals surface area contributed by atoms with Crippen LogP contribution in [0.3, 0.4) is 0 Å². The van der Waals surface area contributed by atoms with Gasteiger partial charge in [0.1, 0.15) is 11.6 Å². The van der Waals surface area contributed by atoms with Crippen LogP contribution in [0.2, 0.25) is 0 Å². The summed E-state index contributed by atoms with van der Waals surface area (Å²) in [5, 5.41) is 3.48. The Hall–Kier alpha value is -0.640. The summed E-state index contributed by atoms with van der Waals surface area (Å²) in [4.78, 5) is 9.85. The van der Waals surface area contributed by atoms with E-state index in [-0.39, 0.29) is 0 Å². The summed E-state index contributed by atoms with van der Waals surface area (Å²) in [7, 11) is 0. The molecule has 2 aliphatic rings. The minimum atomic E-state index is 0.570. The fourth-order valence-electron chi connectivity index (χ4n) is 3.19. The summed E-state index contributed by atoms with van der Waals surface area (Å²) >= 11 is 3.74. The molecule has 0 atom stereocenters. The van der Waals surface area contributed by atoms with Crippen molar-refractivity contribution >= 4 is 21.7 Å². The molecule has 2 saturated carbocycles. The predicted octanol–water partition coefficient (Wildman–Crippen LogP) is 5.38. The predicted molar refractivity (Wildman–Crippen MR) is 90.9 cm³/mol. The minimum absolute atomic E-state index is 0.570. The molecule has 0 spiro atoms. The van der Waals surface area contributed by atoms with Gasteiger partial charge in [0.25, 0.3) is 0 Å². The second kappa shape index (κ2) is 7.08. The van der Waals surface area contributed by atoms with Crippen molar-refractivity contribution in [2.75, 3.05) is 11.9 Å². The molecule has 0 radical (unpaired) electrons. The van der Waals surface area contributed by atoms with Gasteiger partial charge in [-0.05, 0) is 48.0 Å². The Morgan fingerprint density at radius 3 is 2.33 bits per heavy atom. The number of hydrogen-bond donors (Lipinski definition) is 1. The van der Waals surface area contributed by atoms with Crippen LogP contribution in [0.4, 0.5) is 5.82 Å². The molecule has 0 aromatic carbocycles. The van der Waals surface area contributed by atoms with Gasteiger partial charge in [0.2, 0.25) is 0 Å². The number of aromatic nitrogens is 2. The lowest BCUT2D eigenvalue weighted by Gasteiger charge is -2.17. The summed E-state index contributed by atoms with van der Waals surface area (Å²) in [6, 6.07) is 0. The SMILES string of the molecule is CCCNc1nc(C2CCCCCC2)nc(C2CC2)c1Br. The van der Waals surface area contributed by atoms with E-state index in [0.717, 1.165) is 29.1 Å². The Kier molecular flexibility index (Phi) is 5.15. The van der Waals surface area contributed by atoms with Crippen LogP contribution in [0, 0.1) is 0 Å². The van der Waals surface area contributed by atoms with Crippen LogP contribution in [-0.2, 0) is 0 Å². The molecular formula is C17H26BrN3. The summed E-state index contributed by atoms with van der Waals surface area (Å²) in [6.07, 6.45) is 11.6. The standard InChI is InChI=1S/C17H26BrN3/c1-2-11-19-17-14(18)15(12-9-10-12)20-16(21-17)13-7-5-3-4-6-8-13/h12-13H,2-11H2,1H3,(H,19,20,21). The van der Waals surface area contributed by atoms with Gasteiger partial charge in [-0.15, -0.1) is 0 Å². The molecule has 1 N–H and O–H groups in total. The van der Waals surface area contributed by atoms with E-state index in [2.05, 4.69) is 28.2 Å². The van der Waals surface area contributed by atoms with Crippen molar-refractivity contribution in [3.63, 3.8) is 0 Å². The van der Waals surface area contributed by atoms with Crippen LogP contribution in [0.15, 0.2) is 4.47 Å². The lowest BCUT2D eigenvalue weighted by Crippen LogP contribution is -2.11. The highest BCUT2D eigenvalue weighted by Crippen LogP contribution is 2.44. The minimum Gasteiger partial charge on any atom is -0.369 e. The van der Waals surface area contributed by atoms with Crippen molar-refractivity contribution in [3.8, 4) is 0 Å². The maximum Gasteiger partial charge on any atom is 0.144 e. The monoisotopic (exact) mass is 351 g/mol. The summed E-state index contributed by atoms with van der Waals surface area (Å²) in [5.41, 5.74) is 1.25. The third-order valence-corrected chi connectivity index (χ3v) is 5.40. The van der Waals surface area contributed by atoms with Gasteiger partial charge in [-0.3, -0.25) is 0 Å². The van der Waals surface area contributed by atoms with Crippen molar-refractivity contribution < 1.29 is 0 Å². The zero-order valence-corrected chi connectivity index (χ0v) is 14.6. The molecule has 4 heteroatoms. The van der Waals surface area contributed by atoms with Crippen LogP contribution >= 0.6 is 15.9 Å². The first kappa shape index (κ1) is 15.3. The van der Waals surface area contributed by atoms with E-state index >= 15 is 0 Å². The molecule has 0 amide bonds. The van der Waals surface area contributed by atoms with Crippen molar-refractivity contribution in [2.24, 2.45) is 0 Å². The van der Waals surface area contributed by atoms with Gasteiger partial charge >= 0.3 is 0 Å². The largest absolute Gasteiger partial charge is 0.369 e. The van der Waals surface area contributed by atoms with Crippen LogP contribution < -0.4 is 5.32 Å². The molecule has 0 unspecified atom stereocenters. The number of nitrogens with one attached hydrogen (secondary N) is 1. The van der Waals surface area contributed by atoms with Gasteiger partial charge in [0, 0.05) is 18.4 Å². The summed E-state index contributed by atoms with van der Waals surface area (Å²) in [5.74, 6) is 3.35. The van der Waals surface area contributed by atoms with Gasteiger partial charge in [0.15, 0.2) is 0 Å². The Balaban J connectivity index is 1.89. The first-order chi connectivity index (χ1) is 10.3. The van der Waals surface area contributed by atoms with Gasteiger partial charge < -0.3 is 5.32 Å². The van der Waals surface area contributed by atoms with Crippen molar-refractivity contribution in [2.45, 2.75) is 76.5 Å². The molecule has 1 aromatic rings. The molecule has 2 fully saturated rings. The van der Waals surface area contributed by atoms with E-state index in [0.29, 0.717) is 11.8 Å². The molecule has 1 heterocycles. The van der Waals surface area contributed by atoms with Crippen LogP contribution in [0.1, 0.15) is 88.1 Å². The highest BCUT2D eigenvalue weighted by atomic mass is 79.9. The fourth-order valence-corrected chi connectivity index (χ4v) is 3.83. The van der Waals surface area contributed by atoms with Gasteiger partial charge in [-0.1, -0.05) is 32.6 Å². The average Bonchev–Trinajstić information content (AvgIpc) is 3.32. The topological polar surface area (TPSA) is 37.8 Å². The second-order valence-corrected chi connectivity index (χ2v) is 7.31. The highest BCUT2D eigenvalue weighted by Gasteiger charge is 2.30. The molecular weight excluding hydrogens is 326 g/mol. The smallest absolute Gasteiger partial charge is 0.144 e. The highest BCUT2D eigenvalue weighted by molar-refractivity contribution is 9.10. The van der Waals surface area contributed by atoms with Crippen LogP contribution in [0.5, 0.6) is 0 Å². The normalized spacial score (nSPS) is 20.3. The Morgan fingerprint density at radius 2 is 1.71 bits per heavy atom. The molecule has 116 valence electrons. The first-order valence-electron chi connectivity index (χ1n) is 8.60. The lowest BCUT2D eigenvalue weighted by atomic mass is 9.99. The van der Waals surface area contributed by atoms with Gasteiger partial charge in [-0.2, -0.15) is 0 Å². The lowest BCUT2D eigenvalue weighted by molar-refractivity contribution is 0.557. The zero-order chi connectivity index (χ0) is 14.7. The van der Waals surface area contributed by atoms with E-state index in [1.807, 2.05) is 0 Å². The first-order valence-corrected chi connectivity index (χ1v) is 9.40.